The Morgan fingerprint density at radius 3 is 2.27 bits per heavy atom. The average molecular weight is 572 g/mol. The summed E-state index contributed by atoms with van der Waals surface area (Å²) in [5.74, 6) is -0.840. The molecular formula is C26H36Cl2N4O4S. The molecule has 0 radical (unpaired) electrons. The number of anilines is 1. The van der Waals surface area contributed by atoms with Gasteiger partial charge in [0.1, 0.15) is 12.6 Å². The first-order valence-corrected chi connectivity index (χ1v) is 14.3. The molecule has 37 heavy (non-hydrogen) atoms. The van der Waals surface area contributed by atoms with Gasteiger partial charge < -0.3 is 10.2 Å². The molecule has 0 aliphatic heterocycles. The lowest BCUT2D eigenvalue weighted by atomic mass is 10.1. The molecule has 11 heteroatoms. The number of hydrogen-bond donors (Lipinski definition) is 1. The van der Waals surface area contributed by atoms with Crippen LogP contribution in [0, 0.1) is 13.8 Å². The number of amides is 2. The van der Waals surface area contributed by atoms with Gasteiger partial charge in [0.15, 0.2) is 0 Å². The highest BCUT2D eigenvalue weighted by molar-refractivity contribution is 7.90. The first-order chi connectivity index (χ1) is 17.3. The van der Waals surface area contributed by atoms with E-state index in [4.69, 9.17) is 23.2 Å². The van der Waals surface area contributed by atoms with E-state index in [2.05, 4.69) is 5.32 Å². The van der Waals surface area contributed by atoms with Gasteiger partial charge in [-0.15, -0.1) is 0 Å². The van der Waals surface area contributed by atoms with Crippen LogP contribution in [0.15, 0.2) is 36.4 Å². The van der Waals surface area contributed by atoms with E-state index in [1.165, 1.54) is 19.0 Å². The fourth-order valence-electron chi connectivity index (χ4n) is 3.81. The summed E-state index contributed by atoms with van der Waals surface area (Å²) in [7, 11) is -1.21. The van der Waals surface area contributed by atoms with Gasteiger partial charge >= 0.3 is 10.2 Å². The average Bonchev–Trinajstić information content (AvgIpc) is 2.83. The summed E-state index contributed by atoms with van der Waals surface area (Å²) in [6.45, 7) is 7.36. The minimum Gasteiger partial charge on any atom is -0.354 e. The van der Waals surface area contributed by atoms with Crippen LogP contribution in [0.3, 0.4) is 0 Å². The highest BCUT2D eigenvalue weighted by atomic mass is 35.5. The fraction of sp³-hybridized carbons (Fsp3) is 0.462. The second kappa shape index (κ2) is 13.5. The summed E-state index contributed by atoms with van der Waals surface area (Å²) in [4.78, 5) is 28.4. The van der Waals surface area contributed by atoms with Gasteiger partial charge in [-0.2, -0.15) is 12.7 Å². The van der Waals surface area contributed by atoms with Crippen LogP contribution < -0.4 is 9.62 Å². The lowest BCUT2D eigenvalue weighted by Crippen LogP contribution is -2.53. The van der Waals surface area contributed by atoms with E-state index in [9.17, 15) is 18.0 Å². The third kappa shape index (κ3) is 7.83. The van der Waals surface area contributed by atoms with E-state index in [-0.39, 0.29) is 12.5 Å². The molecular weight excluding hydrogens is 535 g/mol. The Labute approximate surface area is 230 Å². The molecule has 1 unspecified atom stereocenters. The number of carbonyl (C=O) groups is 2. The Morgan fingerprint density at radius 2 is 1.70 bits per heavy atom. The smallest absolute Gasteiger partial charge is 0.304 e. The molecule has 2 aromatic carbocycles. The third-order valence-corrected chi connectivity index (χ3v) is 8.34. The van der Waals surface area contributed by atoms with Crippen LogP contribution in [0.1, 0.15) is 43.4 Å². The topological polar surface area (TPSA) is 90.0 Å². The zero-order chi connectivity index (χ0) is 27.9. The number of nitrogens with one attached hydrogen (secondary N) is 1. The maximum absolute atomic E-state index is 13.9. The molecule has 0 aliphatic rings. The van der Waals surface area contributed by atoms with E-state index < -0.39 is 28.7 Å². The molecule has 204 valence electrons. The van der Waals surface area contributed by atoms with Crippen molar-refractivity contribution in [1.29, 1.82) is 0 Å². The van der Waals surface area contributed by atoms with Crippen LogP contribution in [0.25, 0.3) is 0 Å². The number of nitrogens with zero attached hydrogens (tertiary/aromatic N) is 3. The maximum atomic E-state index is 13.9. The number of benzene rings is 2. The van der Waals surface area contributed by atoms with Gasteiger partial charge in [-0.05, 0) is 61.6 Å². The highest BCUT2D eigenvalue weighted by Gasteiger charge is 2.34. The Kier molecular flexibility index (Phi) is 11.2. The van der Waals surface area contributed by atoms with Crippen LogP contribution in [-0.4, -0.2) is 62.7 Å². The van der Waals surface area contributed by atoms with E-state index >= 15 is 0 Å². The highest BCUT2D eigenvalue weighted by Crippen LogP contribution is 2.27. The molecule has 0 saturated carbocycles. The van der Waals surface area contributed by atoms with Crippen molar-refractivity contribution in [3.63, 3.8) is 0 Å². The number of carbonyl (C=O) groups excluding carboxylic acids is 2. The molecule has 0 heterocycles. The van der Waals surface area contributed by atoms with Crippen molar-refractivity contribution in [2.45, 2.75) is 53.1 Å². The number of halogens is 2. The Morgan fingerprint density at radius 1 is 1.03 bits per heavy atom. The molecule has 0 fully saturated rings. The lowest BCUT2D eigenvalue weighted by Gasteiger charge is -2.34. The maximum Gasteiger partial charge on any atom is 0.304 e. The SMILES string of the molecule is CCCNC(=O)C(CC)N(Cc1ccc(Cl)cc1Cl)C(=O)CN(c1cc(C)ccc1C)S(=O)(=O)N(C)C. The molecule has 0 saturated heterocycles. The Hall–Kier alpha value is -2.33. The monoisotopic (exact) mass is 570 g/mol. The molecule has 2 aromatic rings. The van der Waals surface area contributed by atoms with Gasteiger partial charge in [0.05, 0.1) is 5.69 Å². The minimum absolute atomic E-state index is 0.00946. The zero-order valence-corrected chi connectivity index (χ0v) is 24.5. The number of hydrogen-bond acceptors (Lipinski definition) is 4. The second-order valence-electron chi connectivity index (χ2n) is 9.06. The summed E-state index contributed by atoms with van der Waals surface area (Å²) in [5.41, 5.74) is 2.54. The number of aryl methyl sites for hydroxylation is 2. The van der Waals surface area contributed by atoms with Crippen molar-refractivity contribution in [3.05, 3.63) is 63.1 Å². The molecule has 0 bridgehead atoms. The van der Waals surface area contributed by atoms with Crippen LogP contribution >= 0.6 is 23.2 Å². The first kappa shape index (κ1) is 30.9. The summed E-state index contributed by atoms with van der Waals surface area (Å²) in [6, 6.07) is 9.51. The largest absolute Gasteiger partial charge is 0.354 e. The van der Waals surface area contributed by atoms with Crippen molar-refractivity contribution in [3.8, 4) is 0 Å². The molecule has 1 N–H and O–H groups in total. The molecule has 2 amide bonds. The van der Waals surface area contributed by atoms with Crippen molar-refractivity contribution >= 4 is 50.9 Å². The molecule has 0 aromatic heterocycles. The normalized spacial score (nSPS) is 12.4. The van der Waals surface area contributed by atoms with Crippen LogP contribution in [0.4, 0.5) is 5.69 Å². The van der Waals surface area contributed by atoms with Gasteiger partial charge in [-0.25, -0.2) is 4.31 Å². The standard InChI is InChI=1S/C26H36Cl2N4O4S/c1-7-13-29-26(34)23(8-2)31(16-20-11-12-21(27)15-22(20)28)25(33)17-32(37(35,36)30(5)6)24-14-18(3)9-10-19(24)4/h9-12,14-15,23H,7-8,13,16-17H2,1-6H3,(H,29,34). The van der Waals surface area contributed by atoms with E-state index in [0.717, 1.165) is 20.6 Å². The lowest BCUT2D eigenvalue weighted by molar-refractivity contribution is -0.140. The van der Waals surface area contributed by atoms with Gasteiger partial charge in [-0.3, -0.25) is 9.59 Å². The predicted octanol–water partition coefficient (Wildman–Crippen LogP) is 4.56. The molecule has 8 nitrogen and oxygen atoms in total. The Bertz CT molecular complexity index is 1220. The summed E-state index contributed by atoms with van der Waals surface area (Å²) < 4.78 is 28.9. The van der Waals surface area contributed by atoms with Crippen molar-refractivity contribution in [2.24, 2.45) is 0 Å². The predicted molar refractivity (Wildman–Crippen MR) is 150 cm³/mol. The van der Waals surface area contributed by atoms with Crippen molar-refractivity contribution in [2.75, 3.05) is 31.5 Å². The zero-order valence-electron chi connectivity index (χ0n) is 22.2. The van der Waals surface area contributed by atoms with Gasteiger partial charge in [0.25, 0.3) is 0 Å². The summed E-state index contributed by atoms with van der Waals surface area (Å²) in [6.07, 6.45) is 1.07. The summed E-state index contributed by atoms with van der Waals surface area (Å²) >= 11 is 12.5. The number of rotatable bonds is 12. The second-order valence-corrected chi connectivity index (χ2v) is 12.0. The van der Waals surface area contributed by atoms with Crippen LogP contribution in [-0.2, 0) is 26.3 Å². The minimum atomic E-state index is -4.04. The van der Waals surface area contributed by atoms with Crippen molar-refractivity contribution < 1.29 is 18.0 Å². The molecule has 1 atom stereocenters. The van der Waals surface area contributed by atoms with Crippen LogP contribution in [0.5, 0.6) is 0 Å². The molecule has 0 spiro atoms. The quantitative estimate of drug-likeness (QED) is 0.405. The van der Waals surface area contributed by atoms with Gasteiger partial charge in [0.2, 0.25) is 11.8 Å². The summed E-state index contributed by atoms with van der Waals surface area (Å²) in [5, 5.41) is 3.64. The molecule has 0 aliphatic carbocycles. The van der Waals surface area contributed by atoms with E-state index in [1.54, 1.807) is 38.1 Å². The fourth-order valence-corrected chi connectivity index (χ4v) is 5.39. The van der Waals surface area contributed by atoms with E-state index in [0.29, 0.717) is 39.8 Å². The van der Waals surface area contributed by atoms with E-state index in [1.807, 2.05) is 26.0 Å². The third-order valence-electron chi connectivity index (χ3n) is 5.94. The van der Waals surface area contributed by atoms with Gasteiger partial charge in [-0.1, -0.05) is 55.2 Å². The van der Waals surface area contributed by atoms with Crippen LogP contribution in [0.2, 0.25) is 10.0 Å². The Balaban J connectivity index is 2.57. The molecule has 2 rings (SSSR count). The first-order valence-electron chi connectivity index (χ1n) is 12.1. The van der Waals surface area contributed by atoms with Crippen molar-refractivity contribution in [1.82, 2.24) is 14.5 Å². The van der Waals surface area contributed by atoms with Gasteiger partial charge in [0, 0.05) is 37.2 Å².